The molecule has 8 rings (SSSR count). The molecule has 0 aliphatic carbocycles. The summed E-state index contributed by atoms with van der Waals surface area (Å²) >= 11 is 6.55. The highest BCUT2D eigenvalue weighted by Gasteiger charge is 2.35. The number of allylic oxidation sites excluding steroid dienone is 2. The fourth-order valence-electron chi connectivity index (χ4n) is 9.14. The molecule has 1 amide bonds. The van der Waals surface area contributed by atoms with Crippen molar-refractivity contribution in [3.8, 4) is 0 Å². The van der Waals surface area contributed by atoms with Crippen LogP contribution in [0, 0.1) is 0 Å². The molecule has 6 nitrogen and oxygen atoms in total. The number of para-hydroxylation sites is 2. The van der Waals surface area contributed by atoms with E-state index >= 15 is 0 Å². The van der Waals surface area contributed by atoms with Gasteiger partial charge in [0.15, 0.2) is 5.78 Å². The number of halogens is 1. The fourth-order valence-corrected chi connectivity index (χ4v) is 9.37. The maximum Gasteiger partial charge on any atom is 0.230 e. The number of nitrogens with zero attached hydrogens (tertiary/aromatic N) is 4. The van der Waals surface area contributed by atoms with Gasteiger partial charge in [-0.1, -0.05) is 104 Å². The third-order valence-electron chi connectivity index (χ3n) is 12.1. The Balaban J connectivity index is 1.06. The number of unbranched alkanes of at least 4 members (excludes halogenated alkanes) is 1. The van der Waals surface area contributed by atoms with Crippen molar-refractivity contribution in [1.29, 1.82) is 0 Å². The summed E-state index contributed by atoms with van der Waals surface area (Å²) in [5, 5.41) is 3.05. The van der Waals surface area contributed by atoms with Gasteiger partial charge in [0.2, 0.25) is 5.91 Å². The number of likely N-dealkylation sites (tertiary alicyclic amines) is 2. The van der Waals surface area contributed by atoms with Gasteiger partial charge in [0.1, 0.15) is 0 Å². The van der Waals surface area contributed by atoms with E-state index in [2.05, 4.69) is 106 Å². The Labute approximate surface area is 330 Å². The Hall–Kier alpha value is -5.07. The van der Waals surface area contributed by atoms with Crippen LogP contribution < -0.4 is 0 Å². The third-order valence-corrected chi connectivity index (χ3v) is 12.4. The summed E-state index contributed by atoms with van der Waals surface area (Å²) in [5.41, 5.74) is 7.74. The molecular weight excluding hydrogens is 700 g/mol. The fraction of sp³-hybridized carbons (Fsp3) is 0.333. The average molecular weight is 751 g/mol. The molecule has 3 unspecified atom stereocenters. The van der Waals surface area contributed by atoms with Gasteiger partial charge in [-0.3, -0.25) is 9.59 Å². The summed E-state index contributed by atoms with van der Waals surface area (Å²) in [4.78, 5) is 33.1. The van der Waals surface area contributed by atoms with Gasteiger partial charge in [-0.25, -0.2) is 0 Å². The van der Waals surface area contributed by atoms with E-state index in [9.17, 15) is 9.59 Å². The van der Waals surface area contributed by atoms with E-state index in [1.807, 2.05) is 30.3 Å². The van der Waals surface area contributed by atoms with Gasteiger partial charge in [0.05, 0.1) is 10.9 Å². The second kappa shape index (κ2) is 16.3. The quantitative estimate of drug-likeness (QED) is 0.0872. The zero-order valence-electron chi connectivity index (χ0n) is 32.0. The Bertz CT molecular complexity index is 2340. The van der Waals surface area contributed by atoms with Crippen LogP contribution in [-0.4, -0.2) is 56.8 Å². The average Bonchev–Trinajstić information content (AvgIpc) is 4.03. The van der Waals surface area contributed by atoms with Gasteiger partial charge in [0, 0.05) is 103 Å². The van der Waals surface area contributed by atoms with Gasteiger partial charge >= 0.3 is 0 Å². The van der Waals surface area contributed by atoms with Crippen molar-refractivity contribution in [2.24, 2.45) is 7.05 Å². The number of amides is 1. The van der Waals surface area contributed by atoms with E-state index in [4.69, 9.17) is 11.6 Å². The topological polar surface area (TPSA) is 50.5 Å². The zero-order chi connectivity index (χ0) is 37.9. The normalized spacial score (nSPS) is 18.1. The number of carbonyl (C=O) groups excluding carboxylic acids is 2. The second-order valence-corrected chi connectivity index (χ2v) is 16.0. The molecule has 4 heterocycles. The number of ketones is 1. The first kappa shape index (κ1) is 36.9. The summed E-state index contributed by atoms with van der Waals surface area (Å²) in [6, 6.07) is 34.8. The molecule has 2 aromatic heterocycles. The lowest BCUT2D eigenvalue weighted by molar-refractivity contribution is -0.132. The predicted octanol–water partition coefficient (Wildman–Crippen LogP) is 10.7. The maximum absolute atomic E-state index is 14.7. The molecule has 6 aromatic rings. The molecule has 0 spiro atoms. The van der Waals surface area contributed by atoms with Gasteiger partial charge in [-0.15, -0.1) is 0 Å². The Morgan fingerprint density at radius 2 is 1.38 bits per heavy atom. The van der Waals surface area contributed by atoms with Crippen LogP contribution in [0.3, 0.4) is 0 Å². The van der Waals surface area contributed by atoms with Crippen LogP contribution in [0.25, 0.3) is 21.8 Å². The van der Waals surface area contributed by atoms with Crippen LogP contribution in [0.5, 0.6) is 0 Å². The smallest absolute Gasteiger partial charge is 0.230 e. The number of aryl methyl sites for hydroxylation is 2. The van der Waals surface area contributed by atoms with Crippen molar-refractivity contribution in [2.45, 2.75) is 69.7 Å². The summed E-state index contributed by atoms with van der Waals surface area (Å²) in [5.74, 6) is 0.393. The highest BCUT2D eigenvalue weighted by Crippen LogP contribution is 2.39. The lowest BCUT2D eigenvalue weighted by atomic mass is 9.91. The number of benzene rings is 4. The van der Waals surface area contributed by atoms with Crippen molar-refractivity contribution in [1.82, 2.24) is 18.9 Å². The van der Waals surface area contributed by atoms with E-state index in [-0.39, 0.29) is 17.6 Å². The molecule has 2 aliphatic heterocycles. The third kappa shape index (κ3) is 7.62. The minimum atomic E-state index is -0.318. The lowest BCUT2D eigenvalue weighted by Gasteiger charge is -2.27. The van der Waals surface area contributed by atoms with Gasteiger partial charge < -0.3 is 18.9 Å². The van der Waals surface area contributed by atoms with E-state index in [1.165, 1.54) is 32.9 Å². The molecule has 0 saturated carbocycles. The Kier molecular flexibility index (Phi) is 11.0. The number of aromatic nitrogens is 2. The minimum absolute atomic E-state index is 0.0970. The number of fused-ring (bicyclic) bond motifs is 2. The Morgan fingerprint density at radius 3 is 2.13 bits per heavy atom. The van der Waals surface area contributed by atoms with Crippen LogP contribution >= 0.6 is 11.6 Å². The first-order valence-electron chi connectivity index (χ1n) is 20.1. The standard InChI is InChI=1S/C48H51ClN4O2/c1-3-4-26-52-33-43(40-17-10-13-21-46(40)52)35-24-27-51(30-35)37(29-47(54)41-18-8-11-19-44(41)49)22-23-38(34-14-6-5-7-15-34)48(55)53-28-25-36(31-53)42-32-50(2)45-20-12-9-16-39(42)45/h5-21,29,32-33,35-36,38H,3-4,22-28,30-31H2,1-2H3. The highest BCUT2D eigenvalue weighted by atomic mass is 35.5. The number of rotatable bonds is 13. The van der Waals surface area contributed by atoms with Crippen LogP contribution in [0.2, 0.25) is 5.02 Å². The molecule has 0 radical (unpaired) electrons. The summed E-state index contributed by atoms with van der Waals surface area (Å²) in [6.45, 7) is 6.38. The second-order valence-electron chi connectivity index (χ2n) is 15.5. The molecule has 55 heavy (non-hydrogen) atoms. The van der Waals surface area contributed by atoms with Crippen molar-refractivity contribution < 1.29 is 9.59 Å². The number of carbonyl (C=O) groups is 2. The van der Waals surface area contributed by atoms with Gasteiger partial charge in [-0.05, 0) is 73.1 Å². The molecule has 7 heteroatoms. The number of hydrogen-bond acceptors (Lipinski definition) is 3. The summed E-state index contributed by atoms with van der Waals surface area (Å²) in [6.07, 6.45) is 11.9. The van der Waals surface area contributed by atoms with Crippen LogP contribution in [0.1, 0.15) is 90.3 Å². The summed E-state index contributed by atoms with van der Waals surface area (Å²) < 4.78 is 4.63. The van der Waals surface area contributed by atoms with Crippen molar-refractivity contribution in [3.05, 3.63) is 155 Å². The molecule has 2 fully saturated rings. The SMILES string of the molecule is CCCCn1cc(C2CCN(C(=CC(=O)c3ccccc3Cl)CCC(C(=O)N3CCC(c4cn(C)c5ccccc45)C3)c3ccccc3)C2)c2ccccc21. The molecule has 0 bridgehead atoms. The van der Waals surface area contributed by atoms with Crippen LogP contribution in [0.4, 0.5) is 0 Å². The highest BCUT2D eigenvalue weighted by molar-refractivity contribution is 6.34. The monoisotopic (exact) mass is 750 g/mol. The molecule has 2 aliphatic rings. The van der Waals surface area contributed by atoms with Crippen molar-refractivity contribution in [2.75, 3.05) is 26.2 Å². The lowest BCUT2D eigenvalue weighted by Crippen LogP contribution is -2.33. The van der Waals surface area contributed by atoms with Crippen molar-refractivity contribution >= 4 is 45.1 Å². The predicted molar refractivity (Wildman–Crippen MR) is 225 cm³/mol. The number of hydrogen-bond donors (Lipinski definition) is 0. The van der Waals surface area contributed by atoms with E-state index in [0.717, 1.165) is 63.1 Å². The zero-order valence-corrected chi connectivity index (χ0v) is 32.8. The maximum atomic E-state index is 14.7. The molecule has 4 aromatic carbocycles. The summed E-state index contributed by atoms with van der Waals surface area (Å²) in [7, 11) is 2.10. The van der Waals surface area contributed by atoms with Gasteiger partial charge in [0.25, 0.3) is 0 Å². The van der Waals surface area contributed by atoms with E-state index in [0.29, 0.717) is 41.8 Å². The molecule has 282 valence electrons. The first-order valence-corrected chi connectivity index (χ1v) is 20.5. The molecule has 2 saturated heterocycles. The van der Waals surface area contributed by atoms with Gasteiger partial charge in [-0.2, -0.15) is 0 Å². The molecular formula is C48H51ClN4O2. The largest absolute Gasteiger partial charge is 0.374 e. The minimum Gasteiger partial charge on any atom is -0.374 e. The Morgan fingerprint density at radius 1 is 0.764 bits per heavy atom. The van der Waals surface area contributed by atoms with Crippen LogP contribution in [-0.2, 0) is 18.4 Å². The van der Waals surface area contributed by atoms with E-state index < -0.39 is 0 Å². The van der Waals surface area contributed by atoms with Crippen molar-refractivity contribution in [3.63, 3.8) is 0 Å². The molecule has 3 atom stereocenters. The molecule has 0 N–H and O–H groups in total. The van der Waals surface area contributed by atoms with Crippen LogP contribution in [0.15, 0.2) is 127 Å². The van der Waals surface area contributed by atoms with E-state index in [1.54, 1.807) is 18.2 Å². The first-order chi connectivity index (χ1) is 26.9.